The van der Waals surface area contributed by atoms with Crippen LogP contribution in [0.4, 0.5) is 0 Å². The molecular formula is C37H58NO6. The lowest BCUT2D eigenvalue weighted by Gasteiger charge is -2.63. The molecule has 0 aromatic heterocycles. The molecule has 0 amide bonds. The molecule has 5 saturated carbocycles. The largest absolute Gasteiger partial charge is 0.389 e. The van der Waals surface area contributed by atoms with Crippen LogP contribution in [0.5, 0.6) is 0 Å². The van der Waals surface area contributed by atoms with E-state index < -0.39 is 17.8 Å². The Balaban J connectivity index is 1.13. The maximum absolute atomic E-state index is 12.3. The van der Waals surface area contributed by atoms with E-state index in [0.717, 1.165) is 51.4 Å². The highest BCUT2D eigenvalue weighted by molar-refractivity contribution is 5.45. The highest BCUT2D eigenvalue weighted by Crippen LogP contribution is 2.90. The second-order valence-electron chi connectivity index (χ2n) is 17.6. The van der Waals surface area contributed by atoms with Gasteiger partial charge in [0.2, 0.25) is 0 Å². The second-order valence-corrected chi connectivity index (χ2v) is 17.6. The Labute approximate surface area is 266 Å². The first-order valence-corrected chi connectivity index (χ1v) is 17.6. The van der Waals surface area contributed by atoms with Gasteiger partial charge in [0.15, 0.2) is 6.29 Å². The lowest BCUT2D eigenvalue weighted by molar-refractivity contribution is -0.243. The molecular weight excluding hydrogens is 554 g/mol. The Morgan fingerprint density at radius 1 is 1.14 bits per heavy atom. The number of nitrogens with zero attached hydrogens (tertiary/aromatic N) is 1. The maximum Gasteiger partial charge on any atom is 0.170 e. The molecule has 5 radical (unpaired) electrons. The predicted molar refractivity (Wildman–Crippen MR) is 167 cm³/mol. The Morgan fingerprint density at radius 2 is 1.89 bits per heavy atom. The Bertz CT molecular complexity index is 1110. The van der Waals surface area contributed by atoms with Crippen molar-refractivity contribution in [2.75, 3.05) is 26.2 Å². The Morgan fingerprint density at radius 3 is 2.59 bits per heavy atom. The molecule has 2 spiro atoms. The minimum absolute atomic E-state index is 0.0419. The van der Waals surface area contributed by atoms with Crippen molar-refractivity contribution in [1.29, 1.82) is 0 Å². The second kappa shape index (κ2) is 10.4. The molecule has 2 aliphatic heterocycles. The van der Waals surface area contributed by atoms with Crippen molar-refractivity contribution in [2.24, 2.45) is 44.8 Å². The van der Waals surface area contributed by atoms with Crippen molar-refractivity contribution in [3.63, 3.8) is 0 Å². The van der Waals surface area contributed by atoms with Gasteiger partial charge in [-0.3, -0.25) is 4.90 Å². The molecule has 7 fully saturated rings. The number of fused-ring (bicyclic) bond motifs is 4. The van der Waals surface area contributed by atoms with Crippen molar-refractivity contribution >= 4 is 0 Å². The molecule has 7 rings (SSSR count). The van der Waals surface area contributed by atoms with Crippen LogP contribution in [-0.4, -0.2) is 76.7 Å². The third-order valence-corrected chi connectivity index (χ3v) is 14.8. The van der Waals surface area contributed by atoms with Crippen molar-refractivity contribution < 1.29 is 29.5 Å². The van der Waals surface area contributed by atoms with Crippen LogP contribution < -0.4 is 0 Å². The van der Waals surface area contributed by atoms with Crippen LogP contribution in [0.2, 0.25) is 0 Å². The van der Waals surface area contributed by atoms with Gasteiger partial charge in [0.25, 0.3) is 0 Å². The summed E-state index contributed by atoms with van der Waals surface area (Å²) in [5.74, 6) is 2.54. The van der Waals surface area contributed by atoms with E-state index in [-0.39, 0.29) is 51.3 Å². The average Bonchev–Trinajstić information content (AvgIpc) is 3.59. The van der Waals surface area contributed by atoms with Gasteiger partial charge in [-0.2, -0.15) is 0 Å². The van der Waals surface area contributed by atoms with Crippen molar-refractivity contribution in [3.05, 3.63) is 25.0 Å². The van der Waals surface area contributed by atoms with E-state index in [9.17, 15) is 15.3 Å². The summed E-state index contributed by atoms with van der Waals surface area (Å²) in [6.07, 6.45) is 8.63. The molecule has 0 aromatic carbocycles. The molecule has 2 heterocycles. The molecule has 44 heavy (non-hydrogen) atoms. The molecule has 2 saturated heterocycles. The summed E-state index contributed by atoms with van der Waals surface area (Å²) in [6.45, 7) is 24.3. The van der Waals surface area contributed by atoms with Crippen LogP contribution in [-0.2, 0) is 14.2 Å². The van der Waals surface area contributed by atoms with E-state index in [1.165, 1.54) is 19.3 Å². The fraction of sp³-hybridized carbons (Fsp3) is 0.892. The van der Waals surface area contributed by atoms with Crippen LogP contribution in [0.3, 0.4) is 0 Å². The summed E-state index contributed by atoms with van der Waals surface area (Å²) in [4.78, 5) is 2.36. The minimum Gasteiger partial charge on any atom is -0.389 e. The number of aliphatic hydroxyl groups is 3. The van der Waals surface area contributed by atoms with Crippen molar-refractivity contribution in [3.8, 4) is 0 Å². The summed E-state index contributed by atoms with van der Waals surface area (Å²) < 4.78 is 19.4. The summed E-state index contributed by atoms with van der Waals surface area (Å²) in [5.41, 5.74) is -1.27. The Hall–Kier alpha value is -0.280. The summed E-state index contributed by atoms with van der Waals surface area (Å²) in [5, 5.41) is 33.9. The van der Waals surface area contributed by atoms with Gasteiger partial charge in [-0.05, 0) is 125 Å². The summed E-state index contributed by atoms with van der Waals surface area (Å²) in [7, 11) is 0. The normalized spacial score (nSPS) is 50.2. The van der Waals surface area contributed by atoms with E-state index >= 15 is 0 Å². The smallest absolute Gasteiger partial charge is 0.170 e. The van der Waals surface area contributed by atoms with Crippen molar-refractivity contribution in [2.45, 2.75) is 136 Å². The fourth-order valence-corrected chi connectivity index (χ4v) is 12.6. The lowest BCUT2D eigenvalue weighted by Crippen LogP contribution is -2.59. The number of ether oxygens (including phenoxy) is 3. The highest BCUT2D eigenvalue weighted by atomic mass is 16.7. The zero-order valence-electron chi connectivity index (χ0n) is 28.3. The molecule has 247 valence electrons. The molecule has 11 atom stereocenters. The zero-order chi connectivity index (χ0) is 31.7. The van der Waals surface area contributed by atoms with Gasteiger partial charge in [0, 0.05) is 24.4 Å². The van der Waals surface area contributed by atoms with E-state index in [1.54, 1.807) is 19.8 Å². The van der Waals surface area contributed by atoms with Crippen LogP contribution in [0.25, 0.3) is 0 Å². The molecule has 7 nitrogen and oxygen atoms in total. The predicted octanol–water partition coefficient (Wildman–Crippen LogP) is 5.36. The third kappa shape index (κ3) is 4.18. The summed E-state index contributed by atoms with van der Waals surface area (Å²) in [6, 6.07) is 0. The molecule has 3 N–H and O–H groups in total. The van der Waals surface area contributed by atoms with Crippen LogP contribution >= 0.6 is 0 Å². The lowest BCUT2D eigenvalue weighted by atomic mass is 9.41. The fourth-order valence-electron chi connectivity index (χ4n) is 12.6. The molecule has 7 aliphatic rings. The Kier molecular flexibility index (Phi) is 7.60. The van der Waals surface area contributed by atoms with Gasteiger partial charge in [-0.25, -0.2) is 0 Å². The number of hydrogen-bond acceptors (Lipinski definition) is 7. The molecule has 0 aromatic rings. The number of hydrogen-bond donors (Lipinski definition) is 3. The van der Waals surface area contributed by atoms with Gasteiger partial charge in [0.1, 0.15) is 18.3 Å². The van der Waals surface area contributed by atoms with Gasteiger partial charge in [0.05, 0.1) is 24.4 Å². The van der Waals surface area contributed by atoms with Crippen molar-refractivity contribution in [1.82, 2.24) is 4.90 Å². The van der Waals surface area contributed by atoms with E-state index in [4.69, 9.17) is 21.1 Å². The highest BCUT2D eigenvalue weighted by Gasteiger charge is 2.85. The molecule has 0 bridgehead atoms. The summed E-state index contributed by atoms with van der Waals surface area (Å²) >= 11 is 0. The van der Waals surface area contributed by atoms with E-state index in [0.29, 0.717) is 31.5 Å². The standard InChI is InChI=1S/C37H58NO6/c1-9-16-38-17-18-42-27(20-38)44-26-12-13-36-21-37(36)15-14-34(7)28-22(2)19-23(30(39)33(5,6)41)43-29(28)31(40)35(34,8)25(37)11-10-24(36)32(26,3)4/h1,22,24,26-28,30-31,39-41H,9-21H2,2-8H3/t22-,24+,26?,27+,28+,30+,31+,34-,35-,36-,37+/m1/s1. The van der Waals surface area contributed by atoms with Crippen LogP contribution in [0.1, 0.15) is 106 Å². The third-order valence-electron chi connectivity index (χ3n) is 14.8. The first-order chi connectivity index (χ1) is 20.6. The van der Waals surface area contributed by atoms with Gasteiger partial charge < -0.3 is 29.5 Å². The first-order valence-electron chi connectivity index (χ1n) is 17.6. The first kappa shape index (κ1) is 32.3. The maximum atomic E-state index is 12.3. The number of rotatable bonds is 6. The van der Waals surface area contributed by atoms with Crippen LogP contribution in [0.15, 0.2) is 0 Å². The van der Waals surface area contributed by atoms with Gasteiger partial charge in [-0.1, -0.05) is 34.6 Å². The number of aliphatic hydroxyl groups excluding tert-OH is 2. The zero-order valence-corrected chi connectivity index (χ0v) is 28.3. The molecule has 7 heteroatoms. The van der Waals surface area contributed by atoms with Gasteiger partial charge >= 0.3 is 0 Å². The van der Waals surface area contributed by atoms with E-state index in [1.807, 2.05) is 0 Å². The average molecular weight is 613 g/mol. The monoisotopic (exact) mass is 612 g/mol. The topological polar surface area (TPSA) is 91.6 Å². The molecule has 5 aliphatic carbocycles. The van der Waals surface area contributed by atoms with E-state index in [2.05, 4.69) is 39.5 Å². The number of morpholine rings is 1. The van der Waals surface area contributed by atoms with Gasteiger partial charge in [-0.15, -0.1) is 0 Å². The molecule has 1 unspecified atom stereocenters. The quantitative estimate of drug-likeness (QED) is 0.372. The minimum atomic E-state index is -1.30. The van der Waals surface area contributed by atoms with Crippen LogP contribution in [0, 0.1) is 69.9 Å². The SMILES string of the molecule is [CH]CCN1CCO[C@@H](OC2CC[C@]34C[C@]35CC[C@]3(C)[C@@H]6[C](O[C]([C@H](O)C(C)(C)O)C[C@H]6C)[C@H](O)[C@@]3(C)[C]5CC[C@H]4C2(C)C)C1.